The molecule has 0 N–H and O–H groups in total. The van der Waals surface area contributed by atoms with Gasteiger partial charge in [-0.05, 0) is 24.2 Å². The molecule has 0 fully saturated rings. The smallest absolute Gasteiger partial charge is 0.281 e. The van der Waals surface area contributed by atoms with Crippen molar-refractivity contribution in [2.45, 2.75) is 13.8 Å². The van der Waals surface area contributed by atoms with Crippen molar-refractivity contribution in [3.8, 4) is 0 Å². The summed E-state index contributed by atoms with van der Waals surface area (Å²) >= 11 is 0. The van der Waals surface area contributed by atoms with Crippen LogP contribution in [0, 0.1) is 0 Å². The number of hydrogen-bond acceptors (Lipinski definition) is 2. The van der Waals surface area contributed by atoms with Gasteiger partial charge >= 0.3 is 0 Å². The largest absolute Gasteiger partial charge is 0.406 e. The first-order valence-electron chi connectivity index (χ1n) is 7.66. The Morgan fingerprint density at radius 1 is 0.955 bits per heavy atom. The molecule has 0 saturated heterocycles. The number of ether oxygens (including phenoxy) is 1. The van der Waals surface area contributed by atoms with Crippen molar-refractivity contribution in [1.29, 1.82) is 0 Å². The Bertz CT molecular complexity index is 541. The van der Waals surface area contributed by atoms with E-state index in [2.05, 4.69) is 55.1 Å². The minimum absolute atomic E-state index is 0.571. The Balaban J connectivity index is 2.42. The third-order valence-electron chi connectivity index (χ3n) is 3.52. The van der Waals surface area contributed by atoms with Gasteiger partial charge in [0.05, 0.1) is 12.8 Å². The summed E-state index contributed by atoms with van der Waals surface area (Å²) in [5, 5.41) is 2.48. The molecular weight excluding hydrogens is 288 g/mol. The summed E-state index contributed by atoms with van der Waals surface area (Å²) in [4.78, 5) is 0. The van der Waals surface area contributed by atoms with Gasteiger partial charge in [-0.15, -0.1) is 0 Å². The minimum Gasteiger partial charge on any atom is -0.406 e. The first-order valence-corrected chi connectivity index (χ1v) is 9.77. The Labute approximate surface area is 134 Å². The highest BCUT2D eigenvalue weighted by atomic mass is 28.4. The van der Waals surface area contributed by atoms with Crippen LogP contribution in [0.25, 0.3) is 0 Å². The lowest BCUT2D eigenvalue weighted by atomic mass is 10.4. The first kappa shape index (κ1) is 16.7. The SMILES string of the molecule is C=C(C)COC[Si](OCC)(c1ccccc1)c1ccccc1. The van der Waals surface area contributed by atoms with Gasteiger partial charge in [0.1, 0.15) is 0 Å². The molecule has 0 bridgehead atoms. The van der Waals surface area contributed by atoms with Crippen LogP contribution in [-0.2, 0) is 9.16 Å². The molecule has 0 amide bonds. The van der Waals surface area contributed by atoms with Crippen LogP contribution in [0.1, 0.15) is 13.8 Å². The van der Waals surface area contributed by atoms with Crippen LogP contribution < -0.4 is 10.4 Å². The molecule has 0 aliphatic heterocycles. The van der Waals surface area contributed by atoms with Crippen molar-refractivity contribution >= 4 is 18.7 Å². The topological polar surface area (TPSA) is 18.5 Å². The normalized spacial score (nSPS) is 11.4. The summed E-state index contributed by atoms with van der Waals surface area (Å²) in [6, 6.07) is 20.9. The Morgan fingerprint density at radius 2 is 1.45 bits per heavy atom. The Kier molecular flexibility index (Phi) is 6.13. The molecule has 0 atom stereocenters. The van der Waals surface area contributed by atoms with Gasteiger partial charge in [0.2, 0.25) is 0 Å². The van der Waals surface area contributed by atoms with E-state index < -0.39 is 8.32 Å². The van der Waals surface area contributed by atoms with Crippen molar-refractivity contribution < 1.29 is 9.16 Å². The third kappa shape index (κ3) is 3.94. The quantitative estimate of drug-likeness (QED) is 0.551. The van der Waals surface area contributed by atoms with E-state index in [4.69, 9.17) is 9.16 Å². The van der Waals surface area contributed by atoms with Crippen molar-refractivity contribution in [2.24, 2.45) is 0 Å². The highest BCUT2D eigenvalue weighted by molar-refractivity contribution is 6.97. The molecule has 2 nitrogen and oxygen atoms in total. The number of hydrogen-bond donors (Lipinski definition) is 0. The lowest BCUT2D eigenvalue weighted by Crippen LogP contribution is -2.64. The minimum atomic E-state index is -2.38. The summed E-state index contributed by atoms with van der Waals surface area (Å²) in [5.41, 5.74) is 1.03. The zero-order valence-electron chi connectivity index (χ0n) is 13.4. The second-order valence-electron chi connectivity index (χ2n) is 5.44. The second kappa shape index (κ2) is 8.08. The van der Waals surface area contributed by atoms with Gasteiger partial charge < -0.3 is 9.16 Å². The summed E-state index contributed by atoms with van der Waals surface area (Å²) in [6.07, 6.45) is 0.599. The van der Waals surface area contributed by atoms with E-state index in [1.54, 1.807) is 0 Å². The van der Waals surface area contributed by atoms with Crippen LogP contribution in [0.3, 0.4) is 0 Å². The van der Waals surface area contributed by atoms with Crippen LogP contribution in [0.2, 0.25) is 0 Å². The van der Waals surface area contributed by atoms with E-state index in [1.165, 1.54) is 10.4 Å². The van der Waals surface area contributed by atoms with Crippen molar-refractivity contribution in [3.05, 3.63) is 72.8 Å². The zero-order chi connectivity index (χ0) is 15.8. The summed E-state index contributed by atoms with van der Waals surface area (Å²) in [5.74, 6) is 0. The average molecular weight is 312 g/mol. The predicted molar refractivity (Wildman–Crippen MR) is 95.2 cm³/mol. The fraction of sp³-hybridized carbons (Fsp3) is 0.263. The van der Waals surface area contributed by atoms with E-state index in [1.807, 2.05) is 26.0 Å². The van der Waals surface area contributed by atoms with Crippen LogP contribution in [0.15, 0.2) is 72.8 Å². The van der Waals surface area contributed by atoms with E-state index in [0.717, 1.165) is 5.57 Å². The fourth-order valence-electron chi connectivity index (χ4n) is 2.57. The second-order valence-corrected chi connectivity index (χ2v) is 8.83. The summed E-state index contributed by atoms with van der Waals surface area (Å²) in [6.45, 7) is 9.19. The number of rotatable bonds is 8. The molecule has 0 saturated carbocycles. The van der Waals surface area contributed by atoms with Gasteiger partial charge in [0, 0.05) is 6.61 Å². The maximum atomic E-state index is 6.37. The zero-order valence-corrected chi connectivity index (χ0v) is 14.4. The maximum absolute atomic E-state index is 6.37. The standard InChI is InChI=1S/C19H24O2Si/c1-4-21-22(16-20-15-17(2)3,18-11-7-5-8-12-18)19-13-9-6-10-14-19/h5-14H,2,4,15-16H2,1,3H3. The molecule has 0 heterocycles. The van der Waals surface area contributed by atoms with Gasteiger partial charge in [0.15, 0.2) is 0 Å². The lowest BCUT2D eigenvalue weighted by Gasteiger charge is -2.31. The fourth-order valence-corrected chi connectivity index (χ4v) is 6.00. The molecule has 22 heavy (non-hydrogen) atoms. The maximum Gasteiger partial charge on any atom is 0.281 e. The highest BCUT2D eigenvalue weighted by Gasteiger charge is 2.39. The van der Waals surface area contributed by atoms with Crippen molar-refractivity contribution in [2.75, 3.05) is 19.4 Å². The molecule has 3 heteroatoms. The molecule has 0 aliphatic carbocycles. The van der Waals surface area contributed by atoms with Gasteiger partial charge in [-0.25, -0.2) is 0 Å². The van der Waals surface area contributed by atoms with Crippen LogP contribution >= 0.6 is 0 Å². The number of benzene rings is 2. The molecule has 0 unspecified atom stereocenters. The van der Waals surface area contributed by atoms with Crippen LogP contribution in [-0.4, -0.2) is 27.8 Å². The molecule has 2 aromatic rings. The molecule has 0 radical (unpaired) electrons. The van der Waals surface area contributed by atoms with E-state index >= 15 is 0 Å². The van der Waals surface area contributed by atoms with E-state index in [9.17, 15) is 0 Å². The molecule has 0 aliphatic rings. The lowest BCUT2D eigenvalue weighted by molar-refractivity contribution is 0.180. The van der Waals surface area contributed by atoms with Crippen molar-refractivity contribution in [3.63, 3.8) is 0 Å². The monoisotopic (exact) mass is 312 g/mol. The van der Waals surface area contributed by atoms with Gasteiger partial charge in [-0.2, -0.15) is 0 Å². The van der Waals surface area contributed by atoms with Gasteiger partial charge in [0.25, 0.3) is 8.32 Å². The molecular formula is C19H24O2Si. The van der Waals surface area contributed by atoms with Crippen LogP contribution in [0.5, 0.6) is 0 Å². The Morgan fingerprint density at radius 3 is 1.86 bits per heavy atom. The third-order valence-corrected chi connectivity index (χ3v) is 7.45. The van der Waals surface area contributed by atoms with Gasteiger partial charge in [-0.1, -0.05) is 72.8 Å². The summed E-state index contributed by atoms with van der Waals surface area (Å²) < 4.78 is 12.3. The Hall–Kier alpha value is -1.68. The van der Waals surface area contributed by atoms with Crippen LogP contribution in [0.4, 0.5) is 0 Å². The molecule has 0 aromatic heterocycles. The molecule has 116 valence electrons. The molecule has 0 spiro atoms. The van der Waals surface area contributed by atoms with E-state index in [0.29, 0.717) is 19.4 Å². The summed E-state index contributed by atoms with van der Waals surface area (Å²) in [7, 11) is -2.38. The predicted octanol–water partition coefficient (Wildman–Crippen LogP) is 2.91. The molecule has 2 rings (SSSR count). The average Bonchev–Trinajstić information content (AvgIpc) is 2.55. The first-order chi connectivity index (χ1) is 10.7. The van der Waals surface area contributed by atoms with Crippen molar-refractivity contribution in [1.82, 2.24) is 0 Å². The molecule has 2 aromatic carbocycles. The van der Waals surface area contributed by atoms with Gasteiger partial charge in [-0.3, -0.25) is 0 Å². The highest BCUT2D eigenvalue weighted by Crippen LogP contribution is 2.10. The van der Waals surface area contributed by atoms with E-state index in [-0.39, 0.29) is 0 Å².